The van der Waals surface area contributed by atoms with Crippen LogP contribution in [0.1, 0.15) is 12.5 Å². The molecule has 5 nitrogen and oxygen atoms in total. The number of urea groups is 1. The molecule has 3 aromatic carbocycles. The zero-order chi connectivity index (χ0) is 19.9. The number of carbonyl (C=O) groups is 1. The summed E-state index contributed by atoms with van der Waals surface area (Å²) >= 11 is 0. The van der Waals surface area contributed by atoms with Gasteiger partial charge in [-0.25, -0.2) is 4.79 Å². The second-order valence-corrected chi connectivity index (χ2v) is 5.93. The van der Waals surface area contributed by atoms with Crippen molar-refractivity contribution in [2.24, 2.45) is 0 Å². The van der Waals surface area contributed by atoms with Gasteiger partial charge in [0.1, 0.15) is 0 Å². The lowest BCUT2D eigenvalue weighted by molar-refractivity contribution is -0.0514. The van der Waals surface area contributed by atoms with Crippen LogP contribution in [0.3, 0.4) is 0 Å². The highest BCUT2D eigenvalue weighted by molar-refractivity contribution is 6.01. The van der Waals surface area contributed by atoms with E-state index >= 15 is 0 Å². The lowest BCUT2D eigenvalue weighted by atomic mass is 10.1. The fourth-order valence-corrected chi connectivity index (χ4v) is 2.81. The molecule has 0 atom stereocenters. The molecule has 3 rings (SSSR count). The predicted octanol–water partition coefficient (Wildman–Crippen LogP) is 5.16. The lowest BCUT2D eigenvalue weighted by Crippen LogP contribution is -2.28. The highest BCUT2D eigenvalue weighted by atomic mass is 19.3. The number of nitrogens with one attached hydrogen (secondary N) is 2. The van der Waals surface area contributed by atoms with E-state index in [-0.39, 0.29) is 24.1 Å². The van der Waals surface area contributed by atoms with Crippen molar-refractivity contribution in [1.82, 2.24) is 5.32 Å². The fourth-order valence-electron chi connectivity index (χ4n) is 2.81. The van der Waals surface area contributed by atoms with Crippen LogP contribution in [0.15, 0.2) is 60.7 Å². The number of hydrogen-bond acceptors (Lipinski definition) is 3. The van der Waals surface area contributed by atoms with Crippen molar-refractivity contribution in [3.63, 3.8) is 0 Å². The largest absolute Gasteiger partial charge is 0.490 e. The Morgan fingerprint density at radius 1 is 1.04 bits per heavy atom. The van der Waals surface area contributed by atoms with E-state index in [9.17, 15) is 13.6 Å². The molecule has 0 bridgehead atoms. The Balaban J connectivity index is 1.66. The third-order valence-electron chi connectivity index (χ3n) is 4.01. The van der Waals surface area contributed by atoms with Gasteiger partial charge in [0.15, 0.2) is 11.5 Å². The highest BCUT2D eigenvalue weighted by Crippen LogP contribution is 2.30. The topological polar surface area (TPSA) is 59.6 Å². The summed E-state index contributed by atoms with van der Waals surface area (Å²) in [7, 11) is 0. The van der Waals surface area contributed by atoms with Crippen molar-refractivity contribution in [1.29, 1.82) is 0 Å². The Kier molecular flexibility index (Phi) is 6.26. The van der Waals surface area contributed by atoms with E-state index in [4.69, 9.17) is 4.74 Å². The van der Waals surface area contributed by atoms with Crippen molar-refractivity contribution in [3.8, 4) is 11.5 Å². The normalized spacial score (nSPS) is 10.7. The SMILES string of the molecule is CCOc1cc(CNC(=O)Nc2cccc3ccccc23)ccc1OC(F)F. The number of fused-ring (bicyclic) bond motifs is 1. The first kappa shape index (κ1) is 19.4. The maximum Gasteiger partial charge on any atom is 0.387 e. The fraction of sp³-hybridized carbons (Fsp3) is 0.190. The molecule has 0 aliphatic heterocycles. The number of alkyl halides is 2. The summed E-state index contributed by atoms with van der Waals surface area (Å²) in [5.41, 5.74) is 1.39. The number of carbonyl (C=O) groups excluding carboxylic acids is 1. The van der Waals surface area contributed by atoms with E-state index < -0.39 is 6.61 Å². The van der Waals surface area contributed by atoms with E-state index in [1.165, 1.54) is 6.07 Å². The quantitative estimate of drug-likeness (QED) is 0.590. The van der Waals surface area contributed by atoms with Crippen molar-refractivity contribution in [3.05, 3.63) is 66.2 Å². The molecule has 2 N–H and O–H groups in total. The van der Waals surface area contributed by atoms with E-state index in [1.807, 2.05) is 42.5 Å². The van der Waals surface area contributed by atoms with Gasteiger partial charge in [-0.05, 0) is 36.1 Å². The number of halogens is 2. The van der Waals surface area contributed by atoms with Crippen LogP contribution in [-0.4, -0.2) is 19.2 Å². The molecule has 0 aromatic heterocycles. The summed E-state index contributed by atoms with van der Waals surface area (Å²) < 4.78 is 34.7. The first-order chi connectivity index (χ1) is 13.6. The van der Waals surface area contributed by atoms with Gasteiger partial charge in [0.2, 0.25) is 0 Å². The highest BCUT2D eigenvalue weighted by Gasteiger charge is 2.12. The van der Waals surface area contributed by atoms with Crippen LogP contribution in [0, 0.1) is 0 Å². The van der Waals surface area contributed by atoms with Crippen LogP contribution in [0.25, 0.3) is 10.8 Å². The Morgan fingerprint density at radius 3 is 2.61 bits per heavy atom. The van der Waals surface area contributed by atoms with Crippen molar-refractivity contribution < 1.29 is 23.0 Å². The third-order valence-corrected chi connectivity index (χ3v) is 4.01. The smallest absolute Gasteiger partial charge is 0.387 e. The molecule has 3 aromatic rings. The number of benzene rings is 3. The minimum atomic E-state index is -2.94. The maximum absolute atomic E-state index is 12.5. The average molecular weight is 386 g/mol. The first-order valence-electron chi connectivity index (χ1n) is 8.80. The van der Waals surface area contributed by atoms with Gasteiger partial charge in [0.05, 0.1) is 12.3 Å². The molecule has 0 heterocycles. The van der Waals surface area contributed by atoms with Gasteiger partial charge in [-0.3, -0.25) is 0 Å². The molecule has 28 heavy (non-hydrogen) atoms. The Hall–Kier alpha value is -3.35. The van der Waals surface area contributed by atoms with Crippen LogP contribution < -0.4 is 20.1 Å². The molecule has 0 aliphatic carbocycles. The molecule has 0 saturated carbocycles. The third kappa shape index (κ3) is 4.88. The second kappa shape index (κ2) is 9.03. The molecule has 0 spiro atoms. The number of rotatable bonds is 7. The van der Waals surface area contributed by atoms with E-state index in [2.05, 4.69) is 15.4 Å². The molecule has 0 aliphatic rings. The van der Waals surface area contributed by atoms with Crippen LogP contribution in [-0.2, 0) is 6.54 Å². The molecular weight excluding hydrogens is 366 g/mol. The van der Waals surface area contributed by atoms with Gasteiger partial charge < -0.3 is 20.1 Å². The van der Waals surface area contributed by atoms with Gasteiger partial charge in [0, 0.05) is 11.9 Å². The standard InChI is InChI=1S/C21H20F2N2O3/c1-2-27-19-12-14(10-11-18(19)28-20(22)23)13-24-21(26)25-17-9-5-7-15-6-3-4-8-16(15)17/h3-12,20H,2,13H2,1H3,(H2,24,25,26). The zero-order valence-corrected chi connectivity index (χ0v) is 15.2. The number of anilines is 1. The number of hydrogen-bond donors (Lipinski definition) is 2. The van der Waals surface area contributed by atoms with Gasteiger partial charge in [-0.15, -0.1) is 0 Å². The Bertz CT molecular complexity index is 958. The first-order valence-corrected chi connectivity index (χ1v) is 8.80. The molecule has 0 radical (unpaired) electrons. The maximum atomic E-state index is 12.5. The number of amides is 2. The van der Waals surface area contributed by atoms with Gasteiger partial charge in [-0.2, -0.15) is 8.78 Å². The molecule has 0 fully saturated rings. The van der Waals surface area contributed by atoms with Crippen LogP contribution in [0.2, 0.25) is 0 Å². The van der Waals surface area contributed by atoms with E-state index in [1.54, 1.807) is 19.1 Å². The minimum absolute atomic E-state index is 0.0409. The van der Waals surface area contributed by atoms with Crippen molar-refractivity contribution in [2.75, 3.05) is 11.9 Å². The van der Waals surface area contributed by atoms with Gasteiger partial charge in [-0.1, -0.05) is 42.5 Å². The minimum Gasteiger partial charge on any atom is -0.490 e. The monoisotopic (exact) mass is 386 g/mol. The van der Waals surface area contributed by atoms with E-state index in [0.717, 1.165) is 10.8 Å². The molecule has 0 saturated heterocycles. The summed E-state index contributed by atoms with van der Waals surface area (Å²) in [6.07, 6.45) is 0. The molecule has 2 amide bonds. The Labute approximate surface area is 161 Å². The van der Waals surface area contributed by atoms with Gasteiger partial charge >= 0.3 is 12.6 Å². The average Bonchev–Trinajstić information content (AvgIpc) is 2.68. The van der Waals surface area contributed by atoms with Crippen molar-refractivity contribution >= 4 is 22.5 Å². The molecule has 0 unspecified atom stereocenters. The van der Waals surface area contributed by atoms with Gasteiger partial charge in [0.25, 0.3) is 0 Å². The zero-order valence-electron chi connectivity index (χ0n) is 15.2. The number of ether oxygens (including phenoxy) is 2. The van der Waals surface area contributed by atoms with Crippen molar-refractivity contribution in [2.45, 2.75) is 20.1 Å². The molecule has 146 valence electrons. The molecular formula is C21H20F2N2O3. The van der Waals surface area contributed by atoms with Crippen LogP contribution >= 0.6 is 0 Å². The second-order valence-electron chi connectivity index (χ2n) is 5.93. The Morgan fingerprint density at radius 2 is 1.82 bits per heavy atom. The van der Waals surface area contributed by atoms with Crippen LogP contribution in [0.5, 0.6) is 11.5 Å². The van der Waals surface area contributed by atoms with E-state index in [0.29, 0.717) is 17.9 Å². The summed E-state index contributed by atoms with van der Waals surface area (Å²) in [6.45, 7) is -0.687. The summed E-state index contributed by atoms with van der Waals surface area (Å²) in [6, 6.07) is 17.6. The molecule has 7 heteroatoms. The van der Waals surface area contributed by atoms with Crippen LogP contribution in [0.4, 0.5) is 19.3 Å². The summed E-state index contributed by atoms with van der Waals surface area (Å²) in [5, 5.41) is 7.54. The lowest BCUT2D eigenvalue weighted by Gasteiger charge is -2.14. The summed E-state index contributed by atoms with van der Waals surface area (Å²) in [5.74, 6) is 0.164. The summed E-state index contributed by atoms with van der Waals surface area (Å²) in [4.78, 5) is 12.3. The predicted molar refractivity (Wildman–Crippen MR) is 104 cm³/mol.